The van der Waals surface area contributed by atoms with Gasteiger partial charge in [-0.2, -0.15) is 0 Å². The first-order valence-corrected chi connectivity index (χ1v) is 9.67. The Kier molecular flexibility index (Phi) is 4.82. The zero-order valence-electron chi connectivity index (χ0n) is 15.3. The zero-order valence-corrected chi connectivity index (χ0v) is 15.3. The van der Waals surface area contributed by atoms with Crippen molar-refractivity contribution in [3.05, 3.63) is 17.6 Å². The van der Waals surface area contributed by atoms with Gasteiger partial charge in [-0.15, -0.1) is 0 Å². The molecule has 0 aromatic carbocycles. The van der Waals surface area contributed by atoms with Crippen LogP contribution in [0.5, 0.6) is 0 Å². The van der Waals surface area contributed by atoms with Gasteiger partial charge in [0.15, 0.2) is 0 Å². The van der Waals surface area contributed by atoms with Crippen molar-refractivity contribution >= 4 is 11.7 Å². The van der Waals surface area contributed by atoms with Gasteiger partial charge in [-0.05, 0) is 26.2 Å². The molecule has 1 N–H and O–H groups in total. The maximum atomic E-state index is 15.1. The Morgan fingerprint density at radius 1 is 1.35 bits per heavy atom. The molecule has 1 aromatic heterocycles. The van der Waals surface area contributed by atoms with Crippen LogP contribution < -0.4 is 10.2 Å². The molecule has 26 heavy (non-hydrogen) atoms. The van der Waals surface area contributed by atoms with E-state index in [2.05, 4.69) is 15.2 Å². The van der Waals surface area contributed by atoms with Crippen molar-refractivity contribution in [2.45, 2.75) is 50.6 Å². The second-order valence-corrected chi connectivity index (χ2v) is 7.92. The molecule has 3 heterocycles. The fraction of sp³-hybridized carbons (Fsp3) is 0.737. The number of amides is 1. The summed E-state index contributed by atoms with van der Waals surface area (Å²) in [6.07, 6.45) is 3.87. The van der Waals surface area contributed by atoms with Gasteiger partial charge >= 0.3 is 0 Å². The van der Waals surface area contributed by atoms with Crippen molar-refractivity contribution in [3.8, 4) is 0 Å². The number of piperidine rings is 1. The van der Waals surface area contributed by atoms with Crippen LogP contribution in [0.4, 0.5) is 10.2 Å². The van der Waals surface area contributed by atoms with Crippen molar-refractivity contribution in [3.63, 3.8) is 0 Å². The number of anilines is 1. The third kappa shape index (κ3) is 3.98. The minimum Gasteiger partial charge on any atom is -0.381 e. The molecule has 1 atom stereocenters. The maximum Gasteiger partial charge on any atom is 0.225 e. The van der Waals surface area contributed by atoms with Crippen LogP contribution in [0.15, 0.2) is 6.07 Å². The second kappa shape index (κ2) is 7.10. The highest BCUT2D eigenvalue weighted by atomic mass is 19.1. The largest absolute Gasteiger partial charge is 0.381 e. The highest BCUT2D eigenvalue weighted by molar-refractivity contribution is 5.79. The first-order valence-electron chi connectivity index (χ1n) is 9.67. The van der Waals surface area contributed by atoms with Crippen molar-refractivity contribution in [1.82, 2.24) is 15.3 Å². The summed E-state index contributed by atoms with van der Waals surface area (Å²) in [6.45, 7) is 4.37. The molecular weight excluding hydrogens is 335 g/mol. The highest BCUT2D eigenvalue weighted by Gasteiger charge is 2.36. The Bertz CT molecular complexity index is 666. The van der Waals surface area contributed by atoms with Crippen LogP contribution in [-0.2, 0) is 9.53 Å². The van der Waals surface area contributed by atoms with E-state index < -0.39 is 5.67 Å². The lowest BCUT2D eigenvalue weighted by Crippen LogP contribution is -2.49. The molecule has 0 bridgehead atoms. The molecule has 1 unspecified atom stereocenters. The fourth-order valence-corrected chi connectivity index (χ4v) is 3.71. The van der Waals surface area contributed by atoms with Gasteiger partial charge in [-0.1, -0.05) is 0 Å². The smallest absolute Gasteiger partial charge is 0.225 e. The van der Waals surface area contributed by atoms with E-state index in [9.17, 15) is 4.79 Å². The highest BCUT2D eigenvalue weighted by Crippen LogP contribution is 2.39. The number of alkyl halides is 1. The molecule has 0 spiro atoms. The summed E-state index contributed by atoms with van der Waals surface area (Å²) in [5.74, 6) is 2.15. The second-order valence-electron chi connectivity index (χ2n) is 7.92. The van der Waals surface area contributed by atoms with Crippen LogP contribution in [0.3, 0.4) is 0 Å². The van der Waals surface area contributed by atoms with E-state index >= 15 is 4.39 Å². The summed E-state index contributed by atoms with van der Waals surface area (Å²) in [6, 6.07) is 1.99. The maximum absolute atomic E-state index is 15.1. The molecule has 3 aliphatic rings. The number of carbonyl (C=O) groups excluding carboxylic acids is 1. The van der Waals surface area contributed by atoms with Crippen LogP contribution in [0.1, 0.15) is 49.5 Å². The standard InChI is InChI=1S/C19H27FN4O2/c1-13-10-16(23-17(22-13)14-2-3-14)24-7-5-19(20,6-8-24)12-21-18(25)15-4-9-26-11-15/h10,14-15H,2-9,11-12H2,1H3,(H,21,25). The number of nitrogens with zero attached hydrogens (tertiary/aromatic N) is 3. The monoisotopic (exact) mass is 362 g/mol. The predicted octanol–water partition coefficient (Wildman–Crippen LogP) is 2.12. The lowest BCUT2D eigenvalue weighted by Gasteiger charge is -2.37. The number of carbonyl (C=O) groups is 1. The summed E-state index contributed by atoms with van der Waals surface area (Å²) >= 11 is 0. The van der Waals surface area contributed by atoms with E-state index in [0.717, 1.165) is 23.8 Å². The normalized spacial score (nSPS) is 25.3. The lowest BCUT2D eigenvalue weighted by molar-refractivity contribution is -0.125. The molecule has 142 valence electrons. The summed E-state index contributed by atoms with van der Waals surface area (Å²) in [5, 5.41) is 2.79. The molecule has 2 aliphatic heterocycles. The first kappa shape index (κ1) is 17.6. The van der Waals surface area contributed by atoms with Crippen molar-refractivity contribution in [1.29, 1.82) is 0 Å². The average molecular weight is 362 g/mol. The molecule has 3 fully saturated rings. The van der Waals surface area contributed by atoms with E-state index in [-0.39, 0.29) is 18.4 Å². The molecule has 6 nitrogen and oxygen atoms in total. The molecule has 0 radical (unpaired) electrons. The quantitative estimate of drug-likeness (QED) is 0.869. The molecule has 1 amide bonds. The Balaban J connectivity index is 1.32. The van der Waals surface area contributed by atoms with E-state index in [1.807, 2.05) is 13.0 Å². The van der Waals surface area contributed by atoms with Gasteiger partial charge in [0.2, 0.25) is 5.91 Å². The summed E-state index contributed by atoms with van der Waals surface area (Å²) < 4.78 is 20.3. The van der Waals surface area contributed by atoms with E-state index in [4.69, 9.17) is 9.72 Å². The molecule has 4 rings (SSSR count). The minimum absolute atomic E-state index is 0.0811. The Morgan fingerprint density at radius 2 is 2.12 bits per heavy atom. The number of aryl methyl sites for hydroxylation is 1. The average Bonchev–Trinajstić information content (AvgIpc) is 3.34. The van der Waals surface area contributed by atoms with E-state index in [1.165, 1.54) is 12.8 Å². The number of halogens is 1. The molecule has 1 saturated carbocycles. The van der Waals surface area contributed by atoms with Crippen molar-refractivity contribution in [2.75, 3.05) is 37.7 Å². The summed E-state index contributed by atoms with van der Waals surface area (Å²) in [7, 11) is 0. The lowest BCUT2D eigenvalue weighted by atomic mass is 9.93. The van der Waals surface area contributed by atoms with E-state index in [1.54, 1.807) is 0 Å². The molecule has 2 saturated heterocycles. The molecule has 1 aliphatic carbocycles. The molecule has 1 aromatic rings. The Labute approximate surface area is 153 Å². The van der Waals surface area contributed by atoms with Crippen LogP contribution >= 0.6 is 0 Å². The van der Waals surface area contributed by atoms with Gasteiger partial charge in [-0.25, -0.2) is 14.4 Å². The van der Waals surface area contributed by atoms with Crippen LogP contribution in [0.2, 0.25) is 0 Å². The Hall–Kier alpha value is -1.76. The van der Waals surface area contributed by atoms with Crippen LogP contribution in [0, 0.1) is 12.8 Å². The van der Waals surface area contributed by atoms with Gasteiger partial charge in [-0.3, -0.25) is 4.79 Å². The fourth-order valence-electron chi connectivity index (χ4n) is 3.71. The number of rotatable bonds is 5. The molecule has 7 heteroatoms. The number of hydrogen-bond acceptors (Lipinski definition) is 5. The van der Waals surface area contributed by atoms with Gasteiger partial charge in [0.25, 0.3) is 0 Å². The SMILES string of the molecule is Cc1cc(N2CCC(F)(CNC(=O)C3CCOC3)CC2)nc(C2CC2)n1. The topological polar surface area (TPSA) is 67.4 Å². The molecular formula is C19H27FN4O2. The predicted molar refractivity (Wildman–Crippen MR) is 96.0 cm³/mol. The Morgan fingerprint density at radius 3 is 2.77 bits per heavy atom. The summed E-state index contributed by atoms with van der Waals surface area (Å²) in [5.41, 5.74) is -0.368. The van der Waals surface area contributed by atoms with Gasteiger partial charge in [0.05, 0.1) is 19.1 Å². The third-order valence-electron chi connectivity index (χ3n) is 5.66. The van der Waals surface area contributed by atoms with Gasteiger partial charge in [0.1, 0.15) is 17.3 Å². The van der Waals surface area contributed by atoms with E-state index in [0.29, 0.717) is 45.1 Å². The van der Waals surface area contributed by atoms with Crippen LogP contribution in [0.25, 0.3) is 0 Å². The number of ether oxygens (including phenoxy) is 1. The zero-order chi connectivity index (χ0) is 18.1. The van der Waals surface area contributed by atoms with Crippen molar-refractivity contribution in [2.24, 2.45) is 5.92 Å². The van der Waals surface area contributed by atoms with Crippen molar-refractivity contribution < 1.29 is 13.9 Å². The number of nitrogens with one attached hydrogen (secondary N) is 1. The number of aromatic nitrogens is 2. The summed E-state index contributed by atoms with van der Waals surface area (Å²) in [4.78, 5) is 23.5. The third-order valence-corrected chi connectivity index (χ3v) is 5.66. The first-order chi connectivity index (χ1) is 12.5. The minimum atomic E-state index is -1.34. The van der Waals surface area contributed by atoms with Gasteiger partial charge in [0, 0.05) is 50.2 Å². The van der Waals surface area contributed by atoms with Gasteiger partial charge < -0.3 is 15.0 Å². The number of hydrogen-bond donors (Lipinski definition) is 1. The van der Waals surface area contributed by atoms with Crippen LogP contribution in [-0.4, -0.2) is 54.4 Å².